The van der Waals surface area contributed by atoms with Crippen LogP contribution in [-0.2, 0) is 4.74 Å². The van der Waals surface area contributed by atoms with Gasteiger partial charge in [-0.25, -0.2) is 22.9 Å². The summed E-state index contributed by atoms with van der Waals surface area (Å²) in [4.78, 5) is 15.5. The number of ether oxygens (including phenoxy) is 1. The number of rotatable bonds is 7. The Morgan fingerprint density at radius 2 is 1.86 bits per heavy atom. The van der Waals surface area contributed by atoms with Crippen LogP contribution in [0.4, 0.5) is 26.3 Å². The van der Waals surface area contributed by atoms with Crippen molar-refractivity contribution >= 4 is 17.7 Å². The number of hydrogen-bond donors (Lipinski definition) is 0. The molecule has 0 N–H and O–H groups in total. The fraction of sp³-hybridized carbons (Fsp3) is 0.368. The van der Waals surface area contributed by atoms with Crippen LogP contribution in [0.2, 0.25) is 0 Å². The Balaban J connectivity index is 2.43. The van der Waals surface area contributed by atoms with Crippen molar-refractivity contribution < 1.29 is 35.9 Å². The average Bonchev–Trinajstić information content (AvgIpc) is 2.65. The molecule has 0 amide bonds. The van der Waals surface area contributed by atoms with Crippen molar-refractivity contribution in [2.24, 2.45) is 0 Å². The lowest BCUT2D eigenvalue weighted by Gasteiger charge is -2.21. The van der Waals surface area contributed by atoms with E-state index in [1.54, 1.807) is 6.92 Å². The van der Waals surface area contributed by atoms with Crippen molar-refractivity contribution in [3.05, 3.63) is 64.2 Å². The number of thioether (sulfide) groups is 1. The monoisotopic (exact) mass is 437 g/mol. The molecule has 1 heterocycles. The summed E-state index contributed by atoms with van der Waals surface area (Å²) in [6.07, 6.45) is -4.51. The van der Waals surface area contributed by atoms with Gasteiger partial charge >= 0.3 is 12.1 Å². The molecular formula is C19H17F6NO2S. The Morgan fingerprint density at radius 1 is 1.21 bits per heavy atom. The van der Waals surface area contributed by atoms with Gasteiger partial charge in [0.15, 0.2) is 11.6 Å². The number of pyridine rings is 1. The Bertz CT molecular complexity index is 888. The van der Waals surface area contributed by atoms with Gasteiger partial charge in [0.05, 0.1) is 12.4 Å². The molecule has 0 aliphatic heterocycles. The zero-order valence-electron chi connectivity index (χ0n) is 15.4. The average molecular weight is 437 g/mol. The molecule has 1 aromatic heterocycles. The first-order valence-corrected chi connectivity index (χ1v) is 9.46. The predicted molar refractivity (Wildman–Crippen MR) is 96.2 cm³/mol. The van der Waals surface area contributed by atoms with E-state index in [0.29, 0.717) is 11.6 Å². The van der Waals surface area contributed by atoms with Crippen molar-refractivity contribution in [3.8, 4) is 0 Å². The first-order chi connectivity index (χ1) is 13.5. The second-order valence-corrected chi connectivity index (χ2v) is 7.36. The highest BCUT2D eigenvalue weighted by Crippen LogP contribution is 2.41. The summed E-state index contributed by atoms with van der Waals surface area (Å²) in [5.74, 6) is -4.54. The molecule has 1 aromatic carbocycles. The molecule has 0 spiro atoms. The smallest absolute Gasteiger partial charge is 0.389 e. The molecule has 0 bridgehead atoms. The normalized spacial score (nSPS) is 12.7. The number of aromatic nitrogens is 1. The molecule has 0 aliphatic rings. The largest absolute Gasteiger partial charge is 0.464 e. The van der Waals surface area contributed by atoms with E-state index in [-0.39, 0.29) is 23.4 Å². The summed E-state index contributed by atoms with van der Waals surface area (Å²) in [6.45, 7) is 1.54. The van der Waals surface area contributed by atoms with Gasteiger partial charge in [-0.2, -0.15) is 13.2 Å². The van der Waals surface area contributed by atoms with E-state index >= 15 is 0 Å². The minimum Gasteiger partial charge on any atom is -0.464 e. The first kappa shape index (κ1) is 23.1. The van der Waals surface area contributed by atoms with E-state index in [0.717, 1.165) is 24.9 Å². The van der Waals surface area contributed by atoms with Crippen LogP contribution >= 0.6 is 11.8 Å². The summed E-state index contributed by atoms with van der Waals surface area (Å²) >= 11 is 0.837. The lowest BCUT2D eigenvalue weighted by Crippen LogP contribution is -2.11. The fourth-order valence-electron chi connectivity index (χ4n) is 2.64. The quantitative estimate of drug-likeness (QED) is 0.239. The Hall–Kier alpha value is -2.23. The van der Waals surface area contributed by atoms with Crippen LogP contribution in [-0.4, -0.2) is 30.0 Å². The van der Waals surface area contributed by atoms with Crippen LogP contribution in [0.5, 0.6) is 0 Å². The molecule has 1 unspecified atom stereocenters. The lowest BCUT2D eigenvalue weighted by atomic mass is 10.00. The maximum absolute atomic E-state index is 14.4. The number of methoxy groups -OCH3 is 1. The maximum Gasteiger partial charge on any atom is 0.389 e. The highest BCUT2D eigenvalue weighted by Gasteiger charge is 2.29. The van der Waals surface area contributed by atoms with Gasteiger partial charge in [0.2, 0.25) is 0 Å². The number of carbonyl (C=O) groups excluding carboxylic acids is 1. The topological polar surface area (TPSA) is 39.2 Å². The number of aryl methyl sites for hydroxylation is 1. The summed E-state index contributed by atoms with van der Waals surface area (Å²) < 4.78 is 84.2. The van der Waals surface area contributed by atoms with Crippen molar-refractivity contribution in [1.82, 2.24) is 4.98 Å². The molecule has 158 valence electrons. The van der Waals surface area contributed by atoms with E-state index in [1.807, 2.05) is 0 Å². The highest BCUT2D eigenvalue weighted by atomic mass is 32.2. The highest BCUT2D eigenvalue weighted by molar-refractivity contribution is 7.99. The number of halogens is 6. The van der Waals surface area contributed by atoms with Crippen molar-refractivity contribution in [1.29, 1.82) is 0 Å². The van der Waals surface area contributed by atoms with Gasteiger partial charge in [-0.05, 0) is 48.4 Å². The summed E-state index contributed by atoms with van der Waals surface area (Å²) in [7, 11) is 1.16. The molecule has 0 aliphatic carbocycles. The summed E-state index contributed by atoms with van der Waals surface area (Å²) in [5.41, 5.74) is -0.0117. The zero-order valence-corrected chi connectivity index (χ0v) is 16.3. The minimum absolute atomic E-state index is 0.0465. The predicted octanol–water partition coefficient (Wildman–Crippen LogP) is 5.76. The van der Waals surface area contributed by atoms with E-state index in [4.69, 9.17) is 0 Å². The molecule has 29 heavy (non-hydrogen) atoms. The van der Waals surface area contributed by atoms with Gasteiger partial charge in [0, 0.05) is 18.2 Å². The Morgan fingerprint density at radius 3 is 2.45 bits per heavy atom. The van der Waals surface area contributed by atoms with Crippen LogP contribution in [0.3, 0.4) is 0 Å². The molecule has 0 fully saturated rings. The molecular weight excluding hydrogens is 420 g/mol. The van der Waals surface area contributed by atoms with E-state index in [9.17, 15) is 31.1 Å². The third kappa shape index (κ3) is 5.88. The summed E-state index contributed by atoms with van der Waals surface area (Å²) in [5, 5.41) is -1.15. The lowest BCUT2D eigenvalue weighted by molar-refractivity contribution is -0.134. The van der Waals surface area contributed by atoms with Gasteiger partial charge in [-0.15, -0.1) is 11.8 Å². The van der Waals surface area contributed by atoms with Crippen molar-refractivity contribution in [2.75, 3.05) is 12.9 Å². The number of carbonyl (C=O) groups is 1. The number of benzene rings is 1. The van der Waals surface area contributed by atoms with Crippen LogP contribution in [0, 0.1) is 24.4 Å². The fourth-order valence-corrected chi connectivity index (χ4v) is 4.00. The number of nitrogens with zero attached hydrogens (tertiary/aromatic N) is 1. The molecule has 0 radical (unpaired) electrons. The van der Waals surface area contributed by atoms with Crippen LogP contribution in [0.15, 0.2) is 24.4 Å². The van der Waals surface area contributed by atoms with Crippen molar-refractivity contribution in [3.63, 3.8) is 0 Å². The van der Waals surface area contributed by atoms with Crippen LogP contribution in [0.25, 0.3) is 0 Å². The maximum atomic E-state index is 14.4. The molecule has 0 saturated heterocycles. The zero-order chi connectivity index (χ0) is 21.8. The number of esters is 1. The molecule has 2 aromatic rings. The number of alkyl halides is 3. The Kier molecular flexibility index (Phi) is 7.56. The minimum atomic E-state index is -4.36. The SMILES string of the molecule is COC(=O)c1cc(C)c(C(SCCCC(F)(F)F)c2c(F)ccc(F)c2F)cn1. The van der Waals surface area contributed by atoms with E-state index in [1.165, 1.54) is 12.3 Å². The van der Waals surface area contributed by atoms with Crippen molar-refractivity contribution in [2.45, 2.75) is 31.2 Å². The standard InChI is InChI=1S/C19H17F6NO2S/c1-10-8-14(18(27)28-2)26-9-11(10)17(29-7-3-6-19(23,24)25)15-12(20)4-5-13(21)16(15)22/h4-5,8-9,17H,3,6-7H2,1-2H3. The first-order valence-electron chi connectivity index (χ1n) is 8.41. The third-order valence-corrected chi connectivity index (χ3v) is 5.41. The number of hydrogen-bond acceptors (Lipinski definition) is 4. The van der Waals surface area contributed by atoms with Crippen LogP contribution in [0.1, 0.15) is 45.3 Å². The van der Waals surface area contributed by atoms with Gasteiger partial charge in [0.25, 0.3) is 0 Å². The van der Waals surface area contributed by atoms with Gasteiger partial charge in [0.1, 0.15) is 11.5 Å². The molecule has 2 rings (SSSR count). The second-order valence-electron chi connectivity index (χ2n) is 6.14. The van der Waals surface area contributed by atoms with E-state index in [2.05, 4.69) is 9.72 Å². The van der Waals surface area contributed by atoms with Gasteiger partial charge < -0.3 is 4.74 Å². The molecule has 1 atom stereocenters. The molecule has 10 heteroatoms. The van der Waals surface area contributed by atoms with Gasteiger partial charge in [-0.3, -0.25) is 0 Å². The second kappa shape index (κ2) is 9.51. The third-order valence-electron chi connectivity index (χ3n) is 4.06. The van der Waals surface area contributed by atoms with Gasteiger partial charge in [-0.1, -0.05) is 0 Å². The molecule has 3 nitrogen and oxygen atoms in total. The Labute approximate surface area is 167 Å². The molecule has 0 saturated carbocycles. The van der Waals surface area contributed by atoms with Crippen LogP contribution < -0.4 is 0 Å². The summed E-state index contributed by atoms with van der Waals surface area (Å²) in [6, 6.07) is 2.72. The van der Waals surface area contributed by atoms with E-state index < -0.39 is 46.8 Å².